The number of hydrogen-bond donors (Lipinski definition) is 0. The highest BCUT2D eigenvalue weighted by molar-refractivity contribution is 6.80. The summed E-state index contributed by atoms with van der Waals surface area (Å²) in [5, 5.41) is -0.0133. The average molecular weight is 278 g/mol. The molecule has 1 aromatic rings. The number of allylic oxidation sites excluding steroid dienone is 2. The Hall–Kier alpha value is -1.09. The number of carbonyl (C=O) groups excluding carboxylic acids is 1. The summed E-state index contributed by atoms with van der Waals surface area (Å²) in [5.41, 5.74) is 2.22. The van der Waals surface area contributed by atoms with Gasteiger partial charge in [0.2, 0.25) is 7.28 Å². The highest BCUT2D eigenvalue weighted by atomic mass is 35.5. The van der Waals surface area contributed by atoms with Gasteiger partial charge in [-0.2, -0.15) is 0 Å². The number of hydrogen-bond acceptors (Lipinski definition) is 1. The fraction of sp³-hybridized carbons (Fsp3) is 0.400. The zero-order valence-corrected chi connectivity index (χ0v) is 12.1. The molecule has 4 heteroatoms. The molecular formula is C15H16BClFO. The third-order valence-corrected chi connectivity index (χ3v) is 3.75. The van der Waals surface area contributed by atoms with Gasteiger partial charge >= 0.3 is 0 Å². The minimum atomic E-state index is -0.429. The van der Waals surface area contributed by atoms with Crippen LogP contribution < -0.4 is 0 Å². The molecule has 0 aliphatic carbocycles. The van der Waals surface area contributed by atoms with Gasteiger partial charge in [0.05, 0.1) is 5.02 Å². The Morgan fingerprint density at radius 1 is 1.42 bits per heavy atom. The van der Waals surface area contributed by atoms with Crippen LogP contribution in [-0.2, 0) is 11.2 Å². The molecule has 0 amide bonds. The summed E-state index contributed by atoms with van der Waals surface area (Å²) < 4.78 is 13.9. The van der Waals surface area contributed by atoms with E-state index in [1.54, 1.807) is 19.4 Å². The first-order chi connectivity index (χ1) is 8.80. The summed E-state index contributed by atoms with van der Waals surface area (Å²) in [5.74, 6) is -0.429. The number of carbonyl (C=O) groups is 1. The van der Waals surface area contributed by atoms with E-state index in [0.29, 0.717) is 17.6 Å². The minimum Gasteiger partial charge on any atom is -0.307 e. The Bertz CT molecular complexity index is 563. The van der Waals surface area contributed by atoms with Crippen molar-refractivity contribution in [1.82, 2.24) is 0 Å². The zero-order chi connectivity index (χ0) is 14.2. The van der Waals surface area contributed by atoms with Crippen LogP contribution in [0.25, 0.3) is 0 Å². The third kappa shape index (κ3) is 3.09. The normalized spacial score (nSPS) is 18.5. The molecule has 0 fully saturated rings. The van der Waals surface area contributed by atoms with Crippen LogP contribution in [0.3, 0.4) is 0 Å². The van der Waals surface area contributed by atoms with Gasteiger partial charge in [-0.3, -0.25) is 0 Å². The molecule has 0 saturated carbocycles. The maximum atomic E-state index is 13.9. The molecule has 19 heavy (non-hydrogen) atoms. The van der Waals surface area contributed by atoms with E-state index in [1.165, 1.54) is 6.07 Å². The monoisotopic (exact) mass is 277 g/mol. The van der Waals surface area contributed by atoms with Crippen molar-refractivity contribution in [2.45, 2.75) is 38.9 Å². The second kappa shape index (κ2) is 5.12. The predicted molar refractivity (Wildman–Crippen MR) is 77.2 cm³/mol. The maximum Gasteiger partial charge on any atom is 0.215 e. The lowest BCUT2D eigenvalue weighted by atomic mass is 9.45. The van der Waals surface area contributed by atoms with Gasteiger partial charge in [-0.15, -0.1) is 0 Å². The van der Waals surface area contributed by atoms with Crippen LogP contribution in [-0.4, -0.2) is 13.0 Å². The quantitative estimate of drug-likeness (QED) is 0.742. The van der Waals surface area contributed by atoms with Crippen LogP contribution in [0.4, 0.5) is 4.39 Å². The van der Waals surface area contributed by atoms with E-state index in [0.717, 1.165) is 12.0 Å². The third-order valence-electron chi connectivity index (χ3n) is 3.45. The number of halogens is 2. The van der Waals surface area contributed by atoms with Crippen molar-refractivity contribution in [3.63, 3.8) is 0 Å². The molecule has 1 nitrogen and oxygen atoms in total. The molecule has 0 unspecified atom stereocenters. The molecule has 0 saturated heterocycles. The van der Waals surface area contributed by atoms with E-state index >= 15 is 0 Å². The van der Waals surface area contributed by atoms with E-state index in [1.807, 2.05) is 20.8 Å². The summed E-state index contributed by atoms with van der Waals surface area (Å²) in [6.45, 7) is 6.01. The van der Waals surface area contributed by atoms with Gasteiger partial charge in [0, 0.05) is 6.42 Å². The summed E-state index contributed by atoms with van der Waals surface area (Å²) in [7, 11) is 1.73. The van der Waals surface area contributed by atoms with Crippen molar-refractivity contribution < 1.29 is 9.18 Å². The van der Waals surface area contributed by atoms with E-state index in [9.17, 15) is 9.18 Å². The first-order valence-electron chi connectivity index (χ1n) is 6.32. The number of rotatable bonds is 2. The Labute approximate surface area is 119 Å². The Balaban J connectivity index is 2.33. The SMILES string of the molecule is CC1=C(Cc2cccc(Cl)c2F)C(=O)[B]C(C)(C)C1. The Morgan fingerprint density at radius 2 is 2.11 bits per heavy atom. The second-order valence-corrected chi connectivity index (χ2v) is 6.23. The van der Waals surface area contributed by atoms with Gasteiger partial charge in [0.1, 0.15) is 11.5 Å². The van der Waals surface area contributed by atoms with Gasteiger partial charge in [-0.25, -0.2) is 4.39 Å². The molecule has 1 aromatic carbocycles. The molecule has 1 radical (unpaired) electrons. The summed E-state index contributed by atoms with van der Waals surface area (Å²) in [4.78, 5) is 12.2. The zero-order valence-electron chi connectivity index (χ0n) is 11.4. The minimum absolute atomic E-state index is 0.00752. The van der Waals surface area contributed by atoms with E-state index in [2.05, 4.69) is 0 Å². The molecular weight excluding hydrogens is 261 g/mol. The van der Waals surface area contributed by atoms with Gasteiger partial charge in [0.15, 0.2) is 0 Å². The van der Waals surface area contributed by atoms with Crippen molar-refractivity contribution in [2.75, 3.05) is 0 Å². The summed E-state index contributed by atoms with van der Waals surface area (Å²) >= 11 is 5.77. The van der Waals surface area contributed by atoms with Crippen LogP contribution in [0.2, 0.25) is 10.3 Å². The molecule has 99 valence electrons. The van der Waals surface area contributed by atoms with Crippen molar-refractivity contribution >= 4 is 24.6 Å². The molecule has 1 aliphatic rings. The fourth-order valence-corrected chi connectivity index (χ4v) is 2.80. The van der Waals surface area contributed by atoms with Gasteiger partial charge < -0.3 is 4.79 Å². The molecule has 0 aromatic heterocycles. The Kier molecular flexibility index (Phi) is 3.86. The van der Waals surface area contributed by atoms with E-state index in [-0.39, 0.29) is 16.0 Å². The number of benzene rings is 1. The highest BCUT2D eigenvalue weighted by Crippen LogP contribution is 2.38. The summed E-state index contributed by atoms with van der Waals surface area (Å²) in [6.07, 6.45) is 1.14. The highest BCUT2D eigenvalue weighted by Gasteiger charge is 2.32. The largest absolute Gasteiger partial charge is 0.307 e. The topological polar surface area (TPSA) is 17.1 Å². The summed E-state index contributed by atoms with van der Waals surface area (Å²) in [6, 6.07) is 4.89. The van der Waals surface area contributed by atoms with Gasteiger partial charge in [-0.05, 0) is 30.5 Å². The van der Waals surface area contributed by atoms with Crippen LogP contribution in [0.1, 0.15) is 32.8 Å². The van der Waals surface area contributed by atoms with Crippen LogP contribution in [0.5, 0.6) is 0 Å². The van der Waals surface area contributed by atoms with Crippen LogP contribution in [0, 0.1) is 5.82 Å². The molecule has 2 rings (SSSR count). The molecule has 0 bridgehead atoms. The van der Waals surface area contributed by atoms with E-state index < -0.39 is 5.82 Å². The first kappa shape index (κ1) is 14.3. The fourth-order valence-electron chi connectivity index (χ4n) is 2.61. The standard InChI is InChI=1S/C15H16BClFO/c1-9-8-15(2,3)16-14(19)11(9)7-10-5-4-6-12(17)13(10)18/h4-6H,7-8H2,1-3H3. The van der Waals surface area contributed by atoms with Crippen molar-refractivity contribution in [3.8, 4) is 0 Å². The molecule has 1 heterocycles. The lowest BCUT2D eigenvalue weighted by Crippen LogP contribution is -2.30. The molecule has 1 aliphatic heterocycles. The van der Waals surface area contributed by atoms with E-state index in [4.69, 9.17) is 11.6 Å². The molecule has 0 atom stereocenters. The van der Waals surface area contributed by atoms with Crippen molar-refractivity contribution in [3.05, 3.63) is 45.7 Å². The van der Waals surface area contributed by atoms with Crippen LogP contribution >= 0.6 is 11.6 Å². The smallest absolute Gasteiger partial charge is 0.215 e. The van der Waals surface area contributed by atoms with Gasteiger partial charge in [-0.1, -0.05) is 48.5 Å². The van der Waals surface area contributed by atoms with Crippen molar-refractivity contribution in [2.24, 2.45) is 0 Å². The first-order valence-corrected chi connectivity index (χ1v) is 6.70. The molecule has 0 spiro atoms. The maximum absolute atomic E-state index is 13.9. The average Bonchev–Trinajstić information content (AvgIpc) is 2.27. The van der Waals surface area contributed by atoms with Gasteiger partial charge in [0.25, 0.3) is 0 Å². The lowest BCUT2D eigenvalue weighted by molar-refractivity contribution is -0.109. The molecule has 0 N–H and O–H groups in total. The predicted octanol–water partition coefficient (Wildman–Crippen LogP) is 4.17. The van der Waals surface area contributed by atoms with Crippen molar-refractivity contribution in [1.29, 1.82) is 0 Å². The Morgan fingerprint density at radius 3 is 2.74 bits per heavy atom. The second-order valence-electron chi connectivity index (χ2n) is 5.82. The lowest BCUT2D eigenvalue weighted by Gasteiger charge is -2.30. The van der Waals surface area contributed by atoms with Crippen LogP contribution in [0.15, 0.2) is 29.3 Å².